The Hall–Kier alpha value is -2.44. The number of para-hydroxylation sites is 1. The van der Waals surface area contributed by atoms with Crippen LogP contribution in [0.3, 0.4) is 0 Å². The molecule has 27 heavy (non-hydrogen) atoms. The number of carbonyl (C=O) groups excluding carboxylic acids is 2. The zero-order chi connectivity index (χ0) is 19.4. The lowest BCUT2D eigenvalue weighted by molar-refractivity contribution is -0.125. The van der Waals surface area contributed by atoms with Gasteiger partial charge in [-0.25, -0.2) is 4.79 Å². The normalized spacial score (nSPS) is 21.7. The van der Waals surface area contributed by atoms with E-state index in [1.54, 1.807) is 19.1 Å². The van der Waals surface area contributed by atoms with Gasteiger partial charge >= 0.3 is 6.03 Å². The molecule has 0 radical (unpaired) electrons. The van der Waals surface area contributed by atoms with Crippen molar-refractivity contribution in [2.75, 3.05) is 40.4 Å². The van der Waals surface area contributed by atoms with E-state index in [9.17, 15) is 9.59 Å². The first kappa shape index (κ1) is 19.3. The van der Waals surface area contributed by atoms with Gasteiger partial charge < -0.3 is 25.0 Å². The van der Waals surface area contributed by atoms with Gasteiger partial charge in [0.2, 0.25) is 5.91 Å². The van der Waals surface area contributed by atoms with E-state index in [0.717, 1.165) is 12.1 Å². The van der Waals surface area contributed by atoms with Crippen LogP contribution in [0.5, 0.6) is 11.5 Å². The minimum atomic E-state index is -0.313. The number of carbonyl (C=O) groups is 2. The number of hydrogen-bond donors (Lipinski definition) is 2. The van der Waals surface area contributed by atoms with Crippen molar-refractivity contribution in [1.82, 2.24) is 15.5 Å². The van der Waals surface area contributed by atoms with Gasteiger partial charge in [-0.05, 0) is 31.7 Å². The highest BCUT2D eigenvalue weighted by Gasteiger charge is 2.42. The highest BCUT2D eigenvalue weighted by atomic mass is 16.5. The fraction of sp³-hybridized carbons (Fsp3) is 0.600. The lowest BCUT2D eigenvalue weighted by atomic mass is 9.87. The van der Waals surface area contributed by atoms with Gasteiger partial charge in [0.15, 0.2) is 11.5 Å². The molecule has 0 aromatic heterocycles. The van der Waals surface area contributed by atoms with Crippen molar-refractivity contribution in [3.8, 4) is 11.5 Å². The molecular formula is C20H29N3O4. The summed E-state index contributed by atoms with van der Waals surface area (Å²) in [4.78, 5) is 27.0. The van der Waals surface area contributed by atoms with Crippen molar-refractivity contribution in [2.45, 2.75) is 25.7 Å². The molecule has 1 aromatic carbocycles. The summed E-state index contributed by atoms with van der Waals surface area (Å²) in [6.45, 7) is 4.03. The standard InChI is InChI=1S/C20H29N3O4/c1-4-21-20(25)23-11-15(14-6-5-7-17(26-2)18(14)27-3)16(12-23)19(24)22-10-13-8-9-13/h5-7,13,15-16H,4,8-12H2,1-3H3,(H,21,25)(H,22,24)/t15-,16-/m1/s1. The van der Waals surface area contributed by atoms with Crippen molar-refractivity contribution in [3.63, 3.8) is 0 Å². The minimum absolute atomic E-state index is 0.00331. The molecule has 1 aliphatic carbocycles. The van der Waals surface area contributed by atoms with Crippen molar-refractivity contribution in [1.29, 1.82) is 0 Å². The van der Waals surface area contributed by atoms with Gasteiger partial charge in [-0.3, -0.25) is 4.79 Å². The van der Waals surface area contributed by atoms with E-state index >= 15 is 0 Å². The summed E-state index contributed by atoms with van der Waals surface area (Å²) in [6.07, 6.45) is 2.37. The fourth-order valence-electron chi connectivity index (χ4n) is 3.72. The maximum Gasteiger partial charge on any atom is 0.317 e. The Bertz CT molecular complexity index is 690. The molecule has 0 bridgehead atoms. The molecule has 1 aromatic rings. The van der Waals surface area contributed by atoms with Crippen LogP contribution >= 0.6 is 0 Å². The summed E-state index contributed by atoms with van der Waals surface area (Å²) < 4.78 is 11.0. The molecule has 148 valence electrons. The quantitative estimate of drug-likeness (QED) is 0.764. The largest absolute Gasteiger partial charge is 0.493 e. The van der Waals surface area contributed by atoms with E-state index in [1.807, 2.05) is 25.1 Å². The second kappa shape index (κ2) is 8.50. The Morgan fingerprint density at radius 1 is 1.15 bits per heavy atom. The van der Waals surface area contributed by atoms with Crippen LogP contribution in [0.25, 0.3) is 0 Å². The Kier molecular flexibility index (Phi) is 6.08. The Morgan fingerprint density at radius 2 is 1.93 bits per heavy atom. The van der Waals surface area contributed by atoms with Gasteiger partial charge in [0.25, 0.3) is 0 Å². The molecule has 2 atom stereocenters. The number of rotatable bonds is 7. The van der Waals surface area contributed by atoms with E-state index in [1.165, 1.54) is 12.8 Å². The van der Waals surface area contributed by atoms with Crippen molar-refractivity contribution in [3.05, 3.63) is 23.8 Å². The zero-order valence-electron chi connectivity index (χ0n) is 16.3. The Balaban J connectivity index is 1.86. The third kappa shape index (κ3) is 4.28. The molecule has 3 amide bonds. The number of nitrogens with one attached hydrogen (secondary N) is 2. The SMILES string of the molecule is CCNC(=O)N1C[C@H](c2cccc(OC)c2OC)[C@H](C(=O)NCC2CC2)C1. The Morgan fingerprint density at radius 3 is 2.56 bits per heavy atom. The summed E-state index contributed by atoms with van der Waals surface area (Å²) in [5.41, 5.74) is 0.898. The van der Waals surface area contributed by atoms with Gasteiger partial charge in [0.05, 0.1) is 20.1 Å². The smallest absolute Gasteiger partial charge is 0.317 e. The number of hydrogen-bond acceptors (Lipinski definition) is 4. The van der Waals surface area contributed by atoms with Crippen molar-refractivity contribution < 1.29 is 19.1 Å². The van der Waals surface area contributed by atoms with Gasteiger partial charge in [0.1, 0.15) is 0 Å². The number of benzene rings is 1. The van der Waals surface area contributed by atoms with Gasteiger partial charge in [-0.15, -0.1) is 0 Å². The van der Waals surface area contributed by atoms with Crippen LogP contribution < -0.4 is 20.1 Å². The highest BCUT2D eigenvalue weighted by Crippen LogP contribution is 2.42. The van der Waals surface area contributed by atoms with Gasteiger partial charge in [0, 0.05) is 37.7 Å². The van der Waals surface area contributed by atoms with E-state index in [4.69, 9.17) is 9.47 Å². The highest BCUT2D eigenvalue weighted by molar-refractivity contribution is 5.83. The maximum absolute atomic E-state index is 12.9. The molecule has 0 unspecified atom stereocenters. The number of amides is 3. The lowest BCUT2D eigenvalue weighted by Crippen LogP contribution is -2.40. The molecule has 1 heterocycles. The summed E-state index contributed by atoms with van der Waals surface area (Å²) in [5.74, 6) is 1.42. The molecule has 0 spiro atoms. The number of ether oxygens (including phenoxy) is 2. The third-order valence-corrected chi connectivity index (χ3v) is 5.37. The number of methoxy groups -OCH3 is 2. The fourth-order valence-corrected chi connectivity index (χ4v) is 3.72. The van der Waals surface area contributed by atoms with Crippen LogP contribution in [0.15, 0.2) is 18.2 Å². The predicted octanol–water partition coefficient (Wildman–Crippen LogP) is 1.97. The summed E-state index contributed by atoms with van der Waals surface area (Å²) in [7, 11) is 3.19. The molecule has 7 heteroatoms. The van der Waals surface area contributed by atoms with Crippen LogP contribution in [0.4, 0.5) is 4.79 Å². The first-order valence-electron chi connectivity index (χ1n) is 9.60. The number of nitrogens with zero attached hydrogens (tertiary/aromatic N) is 1. The molecule has 2 N–H and O–H groups in total. The molecule has 1 aliphatic heterocycles. The monoisotopic (exact) mass is 375 g/mol. The van der Waals surface area contributed by atoms with Crippen molar-refractivity contribution in [2.24, 2.45) is 11.8 Å². The second-order valence-electron chi connectivity index (χ2n) is 7.22. The molecular weight excluding hydrogens is 346 g/mol. The van der Waals surface area contributed by atoms with E-state index < -0.39 is 0 Å². The number of likely N-dealkylation sites (tertiary alicyclic amines) is 1. The molecule has 7 nitrogen and oxygen atoms in total. The average molecular weight is 375 g/mol. The first-order chi connectivity index (χ1) is 13.1. The van der Waals surface area contributed by atoms with Crippen molar-refractivity contribution >= 4 is 11.9 Å². The van der Waals surface area contributed by atoms with E-state index in [-0.39, 0.29) is 23.8 Å². The maximum atomic E-state index is 12.9. The molecule has 1 saturated heterocycles. The predicted molar refractivity (Wildman–Crippen MR) is 102 cm³/mol. The third-order valence-electron chi connectivity index (χ3n) is 5.37. The van der Waals surface area contributed by atoms with Crippen LogP contribution in [-0.4, -0.2) is 57.2 Å². The summed E-state index contributed by atoms with van der Waals surface area (Å²) >= 11 is 0. The van der Waals surface area contributed by atoms with Gasteiger partial charge in [-0.2, -0.15) is 0 Å². The summed E-state index contributed by atoms with van der Waals surface area (Å²) in [6, 6.07) is 5.54. The molecule has 2 aliphatic rings. The first-order valence-corrected chi connectivity index (χ1v) is 9.60. The summed E-state index contributed by atoms with van der Waals surface area (Å²) in [5, 5.41) is 5.90. The number of urea groups is 1. The van der Waals surface area contributed by atoms with Crippen LogP contribution in [0.2, 0.25) is 0 Å². The van der Waals surface area contributed by atoms with Crippen LogP contribution in [0, 0.1) is 11.8 Å². The molecule has 2 fully saturated rings. The van der Waals surface area contributed by atoms with Crippen LogP contribution in [-0.2, 0) is 4.79 Å². The Labute approximate surface area is 160 Å². The minimum Gasteiger partial charge on any atom is -0.493 e. The topological polar surface area (TPSA) is 79.9 Å². The molecule has 1 saturated carbocycles. The average Bonchev–Trinajstić information content (AvgIpc) is 3.41. The van der Waals surface area contributed by atoms with E-state index in [2.05, 4.69) is 10.6 Å². The second-order valence-corrected chi connectivity index (χ2v) is 7.22. The van der Waals surface area contributed by atoms with Gasteiger partial charge in [-0.1, -0.05) is 12.1 Å². The molecule has 3 rings (SSSR count). The van der Waals surface area contributed by atoms with E-state index in [0.29, 0.717) is 37.1 Å². The lowest BCUT2D eigenvalue weighted by Gasteiger charge is -2.21. The van der Waals surface area contributed by atoms with Crippen LogP contribution in [0.1, 0.15) is 31.2 Å². The zero-order valence-corrected chi connectivity index (χ0v) is 16.3.